The standard InChI is InChI=1S/C27H34F2N8O3/c1-14-10-30-12-19(14)25(38)33-23(16-3-4-16)18-9-21-32-20(13-37(21)31-11-18)24(17-5-7-27(28,29)8-6-17)34-26(39)22-15(2)35-40-36-22/h9,11,13-14,16-17,19,23-24,30H,3-8,10,12H2,1-2H3,(H,33,38)(H,34,39)/t14-,19-,23+,24-/m0/s1. The van der Waals surface area contributed by atoms with E-state index >= 15 is 0 Å². The second-order valence-corrected chi connectivity index (χ2v) is 11.7. The minimum absolute atomic E-state index is 0.0464. The Labute approximate surface area is 229 Å². The summed E-state index contributed by atoms with van der Waals surface area (Å²) < 4.78 is 34.2. The first-order valence-electron chi connectivity index (χ1n) is 14.0. The summed E-state index contributed by atoms with van der Waals surface area (Å²) in [7, 11) is 0. The van der Waals surface area contributed by atoms with Crippen LogP contribution in [0.15, 0.2) is 23.1 Å². The second kappa shape index (κ2) is 10.5. The largest absolute Gasteiger partial charge is 0.349 e. The third-order valence-corrected chi connectivity index (χ3v) is 8.67. The van der Waals surface area contributed by atoms with Gasteiger partial charge < -0.3 is 16.0 Å². The zero-order valence-electron chi connectivity index (χ0n) is 22.6. The normalized spacial score (nSPS) is 24.6. The fourth-order valence-corrected chi connectivity index (χ4v) is 6.03. The predicted octanol–water partition coefficient (Wildman–Crippen LogP) is 3.14. The van der Waals surface area contributed by atoms with E-state index in [4.69, 9.17) is 4.98 Å². The van der Waals surface area contributed by atoms with Crippen molar-refractivity contribution in [3.63, 3.8) is 0 Å². The lowest BCUT2D eigenvalue weighted by Crippen LogP contribution is -2.37. The molecule has 4 heterocycles. The third kappa shape index (κ3) is 5.43. The summed E-state index contributed by atoms with van der Waals surface area (Å²) in [5.74, 6) is -2.84. The molecule has 0 bridgehead atoms. The number of carbonyl (C=O) groups is 2. The van der Waals surface area contributed by atoms with E-state index in [2.05, 4.69) is 42.9 Å². The van der Waals surface area contributed by atoms with E-state index in [1.165, 1.54) is 0 Å². The molecule has 3 aromatic heterocycles. The summed E-state index contributed by atoms with van der Waals surface area (Å²) in [6.07, 6.45) is 5.52. The average Bonchev–Trinajstić information content (AvgIpc) is 3.29. The smallest absolute Gasteiger partial charge is 0.276 e. The van der Waals surface area contributed by atoms with Crippen molar-refractivity contribution in [3.8, 4) is 0 Å². The molecule has 11 nitrogen and oxygen atoms in total. The van der Waals surface area contributed by atoms with E-state index in [0.717, 1.165) is 24.9 Å². The number of hydrogen-bond donors (Lipinski definition) is 3. The van der Waals surface area contributed by atoms with E-state index in [9.17, 15) is 18.4 Å². The molecule has 2 amide bonds. The van der Waals surface area contributed by atoms with Gasteiger partial charge in [0, 0.05) is 19.4 Å². The minimum Gasteiger partial charge on any atom is -0.349 e. The Morgan fingerprint density at radius 1 is 1.10 bits per heavy atom. The fraction of sp³-hybridized carbons (Fsp3) is 0.630. The Morgan fingerprint density at radius 3 is 2.50 bits per heavy atom. The number of alkyl halides is 2. The molecule has 0 radical (unpaired) electrons. The highest BCUT2D eigenvalue weighted by Gasteiger charge is 2.40. The molecule has 3 fully saturated rings. The maximum atomic E-state index is 14.0. The zero-order valence-corrected chi connectivity index (χ0v) is 22.6. The summed E-state index contributed by atoms with van der Waals surface area (Å²) in [6, 6.07) is 1.13. The second-order valence-electron chi connectivity index (χ2n) is 11.7. The SMILES string of the molecule is Cc1nonc1C(=O)N[C@H](c1cn2ncc([C@H](NC(=O)[C@H]3CNC[C@@H]3C)C3CC3)cc2n1)C1CCC(F)(F)CC1. The molecule has 0 unspecified atom stereocenters. The quantitative estimate of drug-likeness (QED) is 0.385. The molecule has 40 heavy (non-hydrogen) atoms. The lowest BCUT2D eigenvalue weighted by molar-refractivity contribution is -0.126. The lowest BCUT2D eigenvalue weighted by Gasteiger charge is -2.33. The molecule has 214 valence electrons. The van der Waals surface area contributed by atoms with E-state index in [1.807, 2.05) is 6.07 Å². The zero-order chi connectivity index (χ0) is 28.0. The predicted molar refractivity (Wildman–Crippen MR) is 138 cm³/mol. The first-order chi connectivity index (χ1) is 19.2. The number of hydrogen-bond acceptors (Lipinski definition) is 8. The van der Waals surface area contributed by atoms with Crippen LogP contribution in [0.25, 0.3) is 5.65 Å². The Hall–Kier alpha value is -3.48. The molecule has 2 aliphatic carbocycles. The summed E-state index contributed by atoms with van der Waals surface area (Å²) in [4.78, 5) is 30.9. The molecule has 6 rings (SSSR count). The number of amides is 2. The highest BCUT2D eigenvalue weighted by atomic mass is 19.3. The lowest BCUT2D eigenvalue weighted by atomic mass is 9.81. The van der Waals surface area contributed by atoms with Crippen molar-refractivity contribution in [3.05, 3.63) is 41.1 Å². The van der Waals surface area contributed by atoms with Crippen LogP contribution in [0.2, 0.25) is 0 Å². The third-order valence-electron chi connectivity index (χ3n) is 8.67. The number of rotatable bonds is 8. The Balaban J connectivity index is 1.27. The summed E-state index contributed by atoms with van der Waals surface area (Å²) in [5.41, 5.74) is 2.35. The molecule has 1 aliphatic heterocycles. The fourth-order valence-electron chi connectivity index (χ4n) is 6.03. The van der Waals surface area contributed by atoms with Crippen LogP contribution in [0.3, 0.4) is 0 Å². The van der Waals surface area contributed by atoms with Crippen LogP contribution in [0.5, 0.6) is 0 Å². The molecule has 3 aliphatic rings. The van der Waals surface area contributed by atoms with Crippen molar-refractivity contribution < 1.29 is 23.0 Å². The Kier molecular flexibility index (Phi) is 7.01. The molecular weight excluding hydrogens is 522 g/mol. The number of imidazole rings is 1. The Morgan fingerprint density at radius 2 is 1.85 bits per heavy atom. The maximum absolute atomic E-state index is 14.0. The number of halogens is 2. The van der Waals surface area contributed by atoms with Crippen molar-refractivity contribution in [2.75, 3.05) is 13.1 Å². The maximum Gasteiger partial charge on any atom is 0.276 e. The van der Waals surface area contributed by atoms with E-state index < -0.39 is 17.9 Å². The van der Waals surface area contributed by atoms with Gasteiger partial charge in [-0.2, -0.15) is 5.10 Å². The number of aromatic nitrogens is 5. The van der Waals surface area contributed by atoms with Crippen molar-refractivity contribution in [2.45, 2.75) is 70.4 Å². The molecule has 1 saturated heterocycles. The van der Waals surface area contributed by atoms with Gasteiger partial charge >= 0.3 is 0 Å². The van der Waals surface area contributed by atoms with Crippen molar-refractivity contribution in [2.24, 2.45) is 23.7 Å². The molecule has 4 atom stereocenters. The van der Waals surface area contributed by atoms with Gasteiger partial charge in [-0.15, -0.1) is 0 Å². The van der Waals surface area contributed by atoms with Gasteiger partial charge in [-0.1, -0.05) is 12.1 Å². The van der Waals surface area contributed by atoms with Gasteiger partial charge in [0.25, 0.3) is 5.91 Å². The summed E-state index contributed by atoms with van der Waals surface area (Å²) >= 11 is 0. The van der Waals surface area contributed by atoms with Crippen LogP contribution < -0.4 is 16.0 Å². The van der Waals surface area contributed by atoms with Crippen LogP contribution in [-0.2, 0) is 4.79 Å². The van der Waals surface area contributed by atoms with Gasteiger partial charge in [-0.25, -0.2) is 22.9 Å². The molecule has 3 aromatic rings. The van der Waals surface area contributed by atoms with Gasteiger partial charge in [0.2, 0.25) is 11.8 Å². The van der Waals surface area contributed by atoms with Crippen molar-refractivity contribution in [1.29, 1.82) is 0 Å². The number of fused-ring (bicyclic) bond motifs is 1. The first kappa shape index (κ1) is 26.7. The number of carbonyl (C=O) groups excluding carboxylic acids is 2. The van der Waals surface area contributed by atoms with Gasteiger partial charge in [0.05, 0.1) is 36.1 Å². The molecule has 2 saturated carbocycles. The topological polar surface area (TPSA) is 139 Å². The summed E-state index contributed by atoms with van der Waals surface area (Å²) in [5, 5.41) is 21.4. The van der Waals surface area contributed by atoms with Crippen LogP contribution >= 0.6 is 0 Å². The number of nitrogens with zero attached hydrogens (tertiary/aromatic N) is 5. The molecule has 0 aromatic carbocycles. The van der Waals surface area contributed by atoms with Crippen LogP contribution in [0.4, 0.5) is 8.78 Å². The van der Waals surface area contributed by atoms with Crippen molar-refractivity contribution >= 4 is 17.5 Å². The van der Waals surface area contributed by atoms with E-state index in [0.29, 0.717) is 29.5 Å². The summed E-state index contributed by atoms with van der Waals surface area (Å²) in [6.45, 7) is 5.20. The van der Waals surface area contributed by atoms with E-state index in [1.54, 1.807) is 23.8 Å². The van der Waals surface area contributed by atoms with E-state index in [-0.39, 0.29) is 61.1 Å². The van der Waals surface area contributed by atoms with Crippen LogP contribution in [0, 0.1) is 30.6 Å². The number of nitrogens with one attached hydrogen (secondary N) is 3. The highest BCUT2D eigenvalue weighted by Crippen LogP contribution is 2.43. The minimum atomic E-state index is -2.71. The molecular formula is C27H34F2N8O3. The molecule has 13 heteroatoms. The van der Waals surface area contributed by atoms with Gasteiger partial charge in [-0.3, -0.25) is 9.59 Å². The van der Waals surface area contributed by atoms with Crippen LogP contribution in [0.1, 0.15) is 85.0 Å². The number of aryl methyl sites for hydroxylation is 1. The van der Waals surface area contributed by atoms with Crippen molar-refractivity contribution in [1.82, 2.24) is 40.9 Å². The highest BCUT2D eigenvalue weighted by molar-refractivity contribution is 5.93. The Bertz CT molecular complexity index is 1390. The van der Waals surface area contributed by atoms with Gasteiger partial charge in [0.1, 0.15) is 5.69 Å². The first-order valence-corrected chi connectivity index (χ1v) is 14.0. The monoisotopic (exact) mass is 556 g/mol. The van der Waals surface area contributed by atoms with Crippen LogP contribution in [-0.4, -0.2) is 55.7 Å². The van der Waals surface area contributed by atoms with Gasteiger partial charge in [0.15, 0.2) is 11.3 Å². The molecule has 0 spiro atoms. The average molecular weight is 557 g/mol. The van der Waals surface area contributed by atoms with Gasteiger partial charge in [-0.05, 0) is 73.7 Å². The molecule has 3 N–H and O–H groups in total.